The number of hydrogen-bond donors (Lipinski definition) is 2. The van der Waals surface area contributed by atoms with Crippen LogP contribution in [0.4, 0.5) is 0 Å². The number of carbonyl (C=O) groups excluding carboxylic acids is 2. The number of nitrogens with two attached hydrogens (primary N) is 1. The molecule has 3 N–H and O–H groups in total. The topological polar surface area (TPSA) is 81.4 Å². The molecule has 0 saturated carbocycles. The molecule has 1 aliphatic carbocycles. The monoisotopic (exact) mass is 338 g/mol. The minimum Gasteiger partial charge on any atom is -0.483 e. The molecule has 0 radical (unpaired) electrons. The fraction of sp³-hybridized carbons (Fsp3) is 0.300. The molecule has 0 fully saturated rings. The lowest BCUT2D eigenvalue weighted by molar-refractivity contribution is -0.119. The second-order valence-electron chi connectivity index (χ2n) is 6.22. The Morgan fingerprint density at radius 3 is 2.68 bits per heavy atom. The fourth-order valence-electron chi connectivity index (χ4n) is 3.24. The highest BCUT2D eigenvalue weighted by molar-refractivity contribution is 5.97. The summed E-state index contributed by atoms with van der Waals surface area (Å²) in [7, 11) is 0. The number of aryl methyl sites for hydroxylation is 1. The highest BCUT2D eigenvalue weighted by Gasteiger charge is 2.22. The van der Waals surface area contributed by atoms with Crippen LogP contribution in [0.5, 0.6) is 5.75 Å². The minimum atomic E-state index is -0.576. The van der Waals surface area contributed by atoms with Crippen molar-refractivity contribution in [2.45, 2.75) is 31.7 Å². The first-order chi connectivity index (χ1) is 12.1. The van der Waals surface area contributed by atoms with Crippen molar-refractivity contribution >= 4 is 11.8 Å². The first-order valence-electron chi connectivity index (χ1n) is 8.54. The zero-order valence-corrected chi connectivity index (χ0v) is 14.0. The van der Waals surface area contributed by atoms with Gasteiger partial charge in [-0.3, -0.25) is 9.59 Å². The highest BCUT2D eigenvalue weighted by atomic mass is 16.5. The van der Waals surface area contributed by atoms with E-state index in [1.807, 2.05) is 12.1 Å². The SMILES string of the molecule is NC(=O)COc1ccccc1C(=O)N[C@H]1CCCCc2ccccc21. The molecule has 0 aromatic heterocycles. The molecule has 2 aromatic rings. The van der Waals surface area contributed by atoms with E-state index in [1.54, 1.807) is 24.3 Å². The maximum atomic E-state index is 12.8. The van der Waals surface area contributed by atoms with Crippen molar-refractivity contribution in [3.8, 4) is 5.75 Å². The number of para-hydroxylation sites is 1. The number of fused-ring (bicyclic) bond motifs is 1. The predicted molar refractivity (Wildman–Crippen MR) is 95.3 cm³/mol. The van der Waals surface area contributed by atoms with E-state index in [1.165, 1.54) is 11.1 Å². The second kappa shape index (κ2) is 7.83. The molecular formula is C20H22N2O3. The molecule has 130 valence electrons. The number of ether oxygens (including phenoxy) is 1. The van der Waals surface area contributed by atoms with Gasteiger partial charge in [0.05, 0.1) is 11.6 Å². The smallest absolute Gasteiger partial charge is 0.255 e. The maximum Gasteiger partial charge on any atom is 0.255 e. The van der Waals surface area contributed by atoms with Crippen LogP contribution in [-0.2, 0) is 11.2 Å². The van der Waals surface area contributed by atoms with Gasteiger partial charge in [-0.2, -0.15) is 0 Å². The van der Waals surface area contributed by atoms with Gasteiger partial charge >= 0.3 is 0 Å². The Morgan fingerprint density at radius 2 is 1.84 bits per heavy atom. The third-order valence-corrected chi connectivity index (χ3v) is 4.43. The molecule has 1 aliphatic rings. The van der Waals surface area contributed by atoms with E-state index < -0.39 is 5.91 Å². The van der Waals surface area contributed by atoms with Crippen LogP contribution < -0.4 is 15.8 Å². The van der Waals surface area contributed by atoms with Crippen molar-refractivity contribution < 1.29 is 14.3 Å². The summed E-state index contributed by atoms with van der Waals surface area (Å²) in [6, 6.07) is 15.1. The van der Waals surface area contributed by atoms with Crippen molar-refractivity contribution in [1.29, 1.82) is 0 Å². The first kappa shape index (κ1) is 17.0. The molecule has 5 nitrogen and oxygen atoms in total. The van der Waals surface area contributed by atoms with E-state index in [0.29, 0.717) is 11.3 Å². The summed E-state index contributed by atoms with van der Waals surface area (Å²) in [5.74, 6) is -0.421. The molecule has 3 rings (SSSR count). The van der Waals surface area contributed by atoms with Gasteiger partial charge in [-0.05, 0) is 42.5 Å². The van der Waals surface area contributed by atoms with Crippen LogP contribution in [0.15, 0.2) is 48.5 Å². The molecule has 0 bridgehead atoms. The summed E-state index contributed by atoms with van der Waals surface area (Å²) in [6.07, 6.45) is 4.15. The van der Waals surface area contributed by atoms with Crippen LogP contribution >= 0.6 is 0 Å². The Hall–Kier alpha value is -2.82. The van der Waals surface area contributed by atoms with Crippen molar-refractivity contribution in [3.63, 3.8) is 0 Å². The lowest BCUT2D eigenvalue weighted by Crippen LogP contribution is -2.29. The van der Waals surface area contributed by atoms with Gasteiger partial charge in [0.25, 0.3) is 11.8 Å². The Kier molecular flexibility index (Phi) is 5.33. The van der Waals surface area contributed by atoms with Crippen LogP contribution in [0, 0.1) is 0 Å². The summed E-state index contributed by atoms with van der Waals surface area (Å²) < 4.78 is 5.37. The van der Waals surface area contributed by atoms with Gasteiger partial charge in [-0.1, -0.05) is 42.8 Å². The molecule has 0 spiro atoms. The zero-order chi connectivity index (χ0) is 17.6. The number of carbonyl (C=O) groups is 2. The van der Waals surface area contributed by atoms with Crippen LogP contribution in [0.3, 0.4) is 0 Å². The number of hydrogen-bond acceptors (Lipinski definition) is 3. The van der Waals surface area contributed by atoms with Crippen LogP contribution in [-0.4, -0.2) is 18.4 Å². The van der Waals surface area contributed by atoms with Crippen LogP contribution in [0.1, 0.15) is 46.8 Å². The van der Waals surface area contributed by atoms with Crippen molar-refractivity contribution in [1.82, 2.24) is 5.32 Å². The normalized spacial score (nSPS) is 16.4. The standard InChI is InChI=1S/C20H22N2O3/c21-19(23)13-25-18-12-6-4-10-16(18)20(24)22-17-11-5-2-8-14-7-1-3-9-15(14)17/h1,3-4,6-7,9-10,12,17H,2,5,8,11,13H2,(H2,21,23)(H,22,24)/t17-/m0/s1. The second-order valence-corrected chi connectivity index (χ2v) is 6.22. The molecule has 25 heavy (non-hydrogen) atoms. The van der Waals surface area contributed by atoms with Gasteiger partial charge in [-0.25, -0.2) is 0 Å². The Balaban J connectivity index is 1.80. The molecule has 0 unspecified atom stereocenters. The summed E-state index contributed by atoms with van der Waals surface area (Å²) in [4.78, 5) is 23.7. The van der Waals surface area contributed by atoms with Gasteiger partial charge in [0, 0.05) is 0 Å². The lowest BCUT2D eigenvalue weighted by Gasteiger charge is -2.20. The van der Waals surface area contributed by atoms with E-state index in [-0.39, 0.29) is 18.6 Å². The third-order valence-electron chi connectivity index (χ3n) is 4.43. The van der Waals surface area contributed by atoms with E-state index in [0.717, 1.165) is 25.7 Å². The van der Waals surface area contributed by atoms with Gasteiger partial charge in [-0.15, -0.1) is 0 Å². The highest BCUT2D eigenvalue weighted by Crippen LogP contribution is 2.29. The summed E-state index contributed by atoms with van der Waals surface area (Å²) in [6.45, 7) is -0.253. The minimum absolute atomic E-state index is 0.0182. The quantitative estimate of drug-likeness (QED) is 0.823. The largest absolute Gasteiger partial charge is 0.483 e. The van der Waals surface area contributed by atoms with Crippen molar-refractivity contribution in [2.75, 3.05) is 6.61 Å². The molecular weight excluding hydrogens is 316 g/mol. The van der Waals surface area contributed by atoms with Crippen LogP contribution in [0.25, 0.3) is 0 Å². The van der Waals surface area contributed by atoms with Gasteiger partial charge in [0.1, 0.15) is 5.75 Å². The number of primary amides is 1. The first-order valence-corrected chi connectivity index (χ1v) is 8.54. The molecule has 5 heteroatoms. The Labute approximate surface area is 147 Å². The molecule has 0 saturated heterocycles. The van der Waals surface area contributed by atoms with E-state index >= 15 is 0 Å². The predicted octanol–water partition coefficient (Wildman–Crippen LogP) is 2.75. The summed E-state index contributed by atoms with van der Waals surface area (Å²) in [5.41, 5.74) is 8.01. The summed E-state index contributed by atoms with van der Waals surface area (Å²) >= 11 is 0. The fourth-order valence-corrected chi connectivity index (χ4v) is 3.24. The molecule has 2 amide bonds. The molecule has 0 heterocycles. The van der Waals surface area contributed by atoms with Crippen molar-refractivity contribution in [2.24, 2.45) is 5.73 Å². The maximum absolute atomic E-state index is 12.8. The molecule has 0 aliphatic heterocycles. The van der Waals surface area contributed by atoms with E-state index in [4.69, 9.17) is 10.5 Å². The lowest BCUT2D eigenvalue weighted by atomic mass is 9.98. The Bertz CT molecular complexity index is 773. The third kappa shape index (κ3) is 4.18. The van der Waals surface area contributed by atoms with Crippen molar-refractivity contribution in [3.05, 3.63) is 65.2 Å². The van der Waals surface area contributed by atoms with Gasteiger partial charge < -0.3 is 15.8 Å². The average molecular weight is 338 g/mol. The number of benzene rings is 2. The van der Waals surface area contributed by atoms with Gasteiger partial charge in [0.2, 0.25) is 0 Å². The number of nitrogens with one attached hydrogen (secondary N) is 1. The van der Waals surface area contributed by atoms with Crippen LogP contribution in [0.2, 0.25) is 0 Å². The summed E-state index contributed by atoms with van der Waals surface area (Å²) in [5, 5.41) is 3.12. The number of amides is 2. The van der Waals surface area contributed by atoms with E-state index in [9.17, 15) is 9.59 Å². The molecule has 2 aromatic carbocycles. The van der Waals surface area contributed by atoms with Gasteiger partial charge in [0.15, 0.2) is 6.61 Å². The molecule has 1 atom stereocenters. The number of rotatable bonds is 5. The Morgan fingerprint density at radius 1 is 1.08 bits per heavy atom. The average Bonchev–Trinajstić information content (AvgIpc) is 2.82. The zero-order valence-electron chi connectivity index (χ0n) is 14.0. The van der Waals surface area contributed by atoms with E-state index in [2.05, 4.69) is 17.4 Å².